The molecule has 5 nitrogen and oxygen atoms in total. The van der Waals surface area contributed by atoms with E-state index >= 15 is 0 Å². The number of rotatable bonds is 4. The van der Waals surface area contributed by atoms with Gasteiger partial charge in [-0.1, -0.05) is 35.5 Å². The minimum absolute atomic E-state index is 0.112. The fraction of sp³-hybridized carbons (Fsp3) is 0.533. The molecule has 20 heavy (non-hydrogen) atoms. The van der Waals surface area contributed by atoms with Gasteiger partial charge in [-0.05, 0) is 19.4 Å². The minimum atomic E-state index is 0.112. The zero-order valence-corrected chi connectivity index (χ0v) is 12.1. The SMILES string of the molecule is C[C@@H]1CN(C(C/C(N)=N/O)c2ccccc2)C[C@H](C)O1. The van der Waals surface area contributed by atoms with Crippen molar-refractivity contribution in [1.82, 2.24) is 4.90 Å². The smallest absolute Gasteiger partial charge is 0.141 e. The van der Waals surface area contributed by atoms with Gasteiger partial charge >= 0.3 is 0 Å². The topological polar surface area (TPSA) is 71.1 Å². The molecule has 1 unspecified atom stereocenters. The van der Waals surface area contributed by atoms with E-state index in [1.165, 1.54) is 5.56 Å². The summed E-state index contributed by atoms with van der Waals surface area (Å²) in [5.74, 6) is 0.255. The van der Waals surface area contributed by atoms with E-state index in [0.29, 0.717) is 6.42 Å². The second-order valence-corrected chi connectivity index (χ2v) is 5.43. The first-order valence-electron chi connectivity index (χ1n) is 7.01. The predicted octanol–water partition coefficient (Wildman–Crippen LogP) is 1.97. The van der Waals surface area contributed by atoms with Crippen LogP contribution in [-0.4, -0.2) is 41.2 Å². The Bertz CT molecular complexity index is 440. The molecule has 1 aromatic rings. The maximum absolute atomic E-state index is 8.85. The van der Waals surface area contributed by atoms with E-state index in [9.17, 15) is 0 Å². The van der Waals surface area contributed by atoms with Crippen LogP contribution in [0.3, 0.4) is 0 Å². The molecule has 0 aromatic heterocycles. The van der Waals surface area contributed by atoms with E-state index in [4.69, 9.17) is 15.7 Å². The quantitative estimate of drug-likeness (QED) is 0.382. The van der Waals surface area contributed by atoms with Crippen molar-refractivity contribution in [1.29, 1.82) is 0 Å². The first kappa shape index (κ1) is 14.8. The van der Waals surface area contributed by atoms with E-state index in [1.54, 1.807) is 0 Å². The molecule has 0 aliphatic carbocycles. The molecule has 0 spiro atoms. The average Bonchev–Trinajstić information content (AvgIpc) is 2.44. The van der Waals surface area contributed by atoms with Gasteiger partial charge in [0.15, 0.2) is 0 Å². The van der Waals surface area contributed by atoms with E-state index in [0.717, 1.165) is 13.1 Å². The lowest BCUT2D eigenvalue weighted by atomic mass is 9.99. The molecule has 3 atom stereocenters. The fourth-order valence-corrected chi connectivity index (χ4v) is 2.84. The van der Waals surface area contributed by atoms with Gasteiger partial charge in [0, 0.05) is 25.6 Å². The number of hydrogen-bond acceptors (Lipinski definition) is 4. The molecule has 1 aliphatic heterocycles. The maximum atomic E-state index is 8.85. The Morgan fingerprint density at radius 3 is 2.50 bits per heavy atom. The van der Waals surface area contributed by atoms with Crippen LogP contribution in [0.5, 0.6) is 0 Å². The predicted molar refractivity (Wildman–Crippen MR) is 78.8 cm³/mol. The van der Waals surface area contributed by atoms with Gasteiger partial charge in [-0.25, -0.2) is 0 Å². The molecule has 3 N–H and O–H groups in total. The van der Waals surface area contributed by atoms with Crippen LogP contribution < -0.4 is 5.73 Å². The second kappa shape index (κ2) is 6.72. The average molecular weight is 277 g/mol. The molecule has 1 aromatic carbocycles. The van der Waals surface area contributed by atoms with Crippen molar-refractivity contribution < 1.29 is 9.94 Å². The molecule has 5 heteroatoms. The van der Waals surface area contributed by atoms with Crippen molar-refractivity contribution in [2.45, 2.75) is 38.5 Å². The number of ether oxygens (including phenoxy) is 1. The molecular formula is C15H23N3O2. The molecule has 1 saturated heterocycles. The number of amidine groups is 1. The highest BCUT2D eigenvalue weighted by Crippen LogP contribution is 2.27. The third kappa shape index (κ3) is 3.71. The molecule has 1 heterocycles. The monoisotopic (exact) mass is 277 g/mol. The number of morpholine rings is 1. The van der Waals surface area contributed by atoms with Crippen LogP contribution in [0.1, 0.15) is 31.9 Å². The Morgan fingerprint density at radius 1 is 1.35 bits per heavy atom. The van der Waals surface area contributed by atoms with Gasteiger partial charge < -0.3 is 15.7 Å². The van der Waals surface area contributed by atoms with Crippen LogP contribution in [0.15, 0.2) is 35.5 Å². The number of hydrogen-bond donors (Lipinski definition) is 2. The van der Waals surface area contributed by atoms with Gasteiger partial charge in [0.2, 0.25) is 0 Å². The van der Waals surface area contributed by atoms with Crippen LogP contribution in [0, 0.1) is 0 Å². The Kier molecular flexibility index (Phi) is 4.98. The molecule has 0 radical (unpaired) electrons. The third-order valence-corrected chi connectivity index (χ3v) is 3.60. The molecule has 0 amide bonds. The molecule has 0 saturated carbocycles. The molecule has 1 fully saturated rings. The first-order chi connectivity index (χ1) is 9.60. The highest BCUT2D eigenvalue weighted by molar-refractivity contribution is 5.80. The zero-order chi connectivity index (χ0) is 14.5. The van der Waals surface area contributed by atoms with Crippen LogP contribution in [0.25, 0.3) is 0 Å². The molecular weight excluding hydrogens is 254 g/mol. The minimum Gasteiger partial charge on any atom is -0.409 e. The molecule has 1 aliphatic rings. The summed E-state index contributed by atoms with van der Waals surface area (Å²) in [6, 6.07) is 10.3. The standard InChI is InChI=1S/C15H23N3O2/c1-11-9-18(10-12(2)20-11)14(8-15(16)17-19)13-6-4-3-5-7-13/h3-7,11-12,14,19H,8-10H2,1-2H3,(H2,16,17)/t11-,12+,14?. The highest BCUT2D eigenvalue weighted by Gasteiger charge is 2.29. The number of nitrogens with zero attached hydrogens (tertiary/aromatic N) is 2. The summed E-state index contributed by atoms with van der Waals surface area (Å²) in [6.07, 6.45) is 0.898. The van der Waals surface area contributed by atoms with E-state index in [1.807, 2.05) is 18.2 Å². The van der Waals surface area contributed by atoms with Crippen molar-refractivity contribution in [3.63, 3.8) is 0 Å². The van der Waals surface area contributed by atoms with Gasteiger partial charge in [-0.3, -0.25) is 4.90 Å². The van der Waals surface area contributed by atoms with Crippen LogP contribution in [0.4, 0.5) is 0 Å². The molecule has 2 rings (SSSR count). The van der Waals surface area contributed by atoms with Crippen molar-refractivity contribution in [2.24, 2.45) is 10.9 Å². The maximum Gasteiger partial charge on any atom is 0.141 e. The largest absolute Gasteiger partial charge is 0.409 e. The van der Waals surface area contributed by atoms with E-state index < -0.39 is 0 Å². The van der Waals surface area contributed by atoms with E-state index in [2.05, 4.69) is 36.0 Å². The van der Waals surface area contributed by atoms with Crippen molar-refractivity contribution in [3.8, 4) is 0 Å². The lowest BCUT2D eigenvalue weighted by molar-refractivity contribution is -0.0803. The first-order valence-corrected chi connectivity index (χ1v) is 7.01. The second-order valence-electron chi connectivity index (χ2n) is 5.43. The van der Waals surface area contributed by atoms with Gasteiger partial charge in [0.05, 0.1) is 12.2 Å². The summed E-state index contributed by atoms with van der Waals surface area (Å²) in [5, 5.41) is 12.0. The molecule has 0 bridgehead atoms. The Morgan fingerprint density at radius 2 is 1.95 bits per heavy atom. The molecule has 110 valence electrons. The van der Waals surface area contributed by atoms with Crippen molar-refractivity contribution in [3.05, 3.63) is 35.9 Å². The van der Waals surface area contributed by atoms with Crippen LogP contribution >= 0.6 is 0 Å². The summed E-state index contributed by atoms with van der Waals surface area (Å²) in [6.45, 7) is 5.85. The normalized spacial score (nSPS) is 26.4. The summed E-state index contributed by atoms with van der Waals surface area (Å²) in [4.78, 5) is 2.35. The van der Waals surface area contributed by atoms with Gasteiger partial charge in [-0.2, -0.15) is 0 Å². The summed E-state index contributed by atoms with van der Waals surface area (Å²) >= 11 is 0. The van der Waals surface area contributed by atoms with Crippen molar-refractivity contribution in [2.75, 3.05) is 13.1 Å². The van der Waals surface area contributed by atoms with Crippen LogP contribution in [0.2, 0.25) is 0 Å². The number of nitrogens with two attached hydrogens (primary N) is 1. The fourth-order valence-electron chi connectivity index (χ4n) is 2.84. The van der Waals surface area contributed by atoms with Crippen LogP contribution in [-0.2, 0) is 4.74 Å². The van der Waals surface area contributed by atoms with Gasteiger partial charge in [-0.15, -0.1) is 0 Å². The summed E-state index contributed by atoms with van der Waals surface area (Å²) < 4.78 is 5.78. The Labute approximate surface area is 120 Å². The van der Waals surface area contributed by atoms with E-state index in [-0.39, 0.29) is 24.1 Å². The summed E-state index contributed by atoms with van der Waals surface area (Å²) in [7, 11) is 0. The highest BCUT2D eigenvalue weighted by atomic mass is 16.5. The Hall–Kier alpha value is -1.59. The lowest BCUT2D eigenvalue weighted by Crippen LogP contribution is -2.47. The van der Waals surface area contributed by atoms with Gasteiger partial charge in [0.1, 0.15) is 5.84 Å². The third-order valence-electron chi connectivity index (χ3n) is 3.60. The Balaban J connectivity index is 2.22. The number of benzene rings is 1. The summed E-state index contributed by atoms with van der Waals surface area (Å²) in [5.41, 5.74) is 6.91. The number of oxime groups is 1. The lowest BCUT2D eigenvalue weighted by Gasteiger charge is -2.40. The zero-order valence-electron chi connectivity index (χ0n) is 12.1. The van der Waals surface area contributed by atoms with Gasteiger partial charge in [0.25, 0.3) is 0 Å². The van der Waals surface area contributed by atoms with Crippen molar-refractivity contribution >= 4 is 5.84 Å².